The number of aromatic amines is 1. The number of carbonyl (C=O) groups is 8. The molecule has 502 valence electrons. The lowest BCUT2D eigenvalue weighted by molar-refractivity contribution is -0.136. The second-order valence-corrected chi connectivity index (χ2v) is 23.7. The summed E-state index contributed by atoms with van der Waals surface area (Å²) in [4.78, 5) is 130. The Hall–Kier alpha value is -9.76. The summed E-state index contributed by atoms with van der Waals surface area (Å²) in [6.07, 6.45) is 5.06. The number of hydrogen-bond donors (Lipinski definition) is 16. The van der Waals surface area contributed by atoms with Crippen LogP contribution in [-0.2, 0) is 70.5 Å². The molecular formula is C68H90N16O10. The number of aromatic hydroxyl groups is 1. The molecule has 0 bridgehead atoms. The zero-order valence-electron chi connectivity index (χ0n) is 52.9. The van der Waals surface area contributed by atoms with Crippen molar-refractivity contribution in [2.45, 2.75) is 151 Å². The van der Waals surface area contributed by atoms with Gasteiger partial charge in [0.15, 0.2) is 5.96 Å². The molecule has 4 aromatic carbocycles. The fraction of sp³-hybridized carbons (Fsp3) is 0.412. The van der Waals surface area contributed by atoms with Gasteiger partial charge >= 0.3 is 0 Å². The maximum absolute atomic E-state index is 15.2. The van der Waals surface area contributed by atoms with Crippen molar-refractivity contribution in [1.29, 1.82) is 0 Å². The largest absolute Gasteiger partial charge is 0.508 e. The van der Waals surface area contributed by atoms with Gasteiger partial charge in [-0.1, -0.05) is 91.0 Å². The summed E-state index contributed by atoms with van der Waals surface area (Å²) in [5, 5.41) is 47.8. The third-order valence-corrected chi connectivity index (χ3v) is 16.2. The van der Waals surface area contributed by atoms with E-state index in [0.29, 0.717) is 54.4 Å². The van der Waals surface area contributed by atoms with Crippen LogP contribution in [-0.4, -0.2) is 160 Å². The van der Waals surface area contributed by atoms with Crippen molar-refractivity contribution < 1.29 is 48.6 Å². The van der Waals surface area contributed by atoms with Crippen LogP contribution in [0.2, 0.25) is 0 Å². The zero-order chi connectivity index (χ0) is 67.4. The summed E-state index contributed by atoms with van der Waals surface area (Å²) in [5.41, 5.74) is 28.0. The molecule has 1 fully saturated rings. The van der Waals surface area contributed by atoms with Crippen LogP contribution in [0.1, 0.15) is 86.1 Å². The lowest BCUT2D eigenvalue weighted by Crippen LogP contribution is -2.62. The van der Waals surface area contributed by atoms with E-state index in [0.717, 1.165) is 16.5 Å². The molecule has 94 heavy (non-hydrogen) atoms. The van der Waals surface area contributed by atoms with Crippen molar-refractivity contribution in [2.24, 2.45) is 27.9 Å². The number of fused-ring (bicyclic) bond motifs is 1. The predicted molar refractivity (Wildman–Crippen MR) is 357 cm³/mol. The Morgan fingerprint density at radius 1 is 0.574 bits per heavy atom. The summed E-state index contributed by atoms with van der Waals surface area (Å²) in [7, 11) is 0. The second kappa shape index (κ2) is 37.1. The fourth-order valence-electron chi connectivity index (χ4n) is 11.1. The normalized spacial score (nSPS) is 21.9. The van der Waals surface area contributed by atoms with E-state index >= 15 is 14.4 Å². The van der Waals surface area contributed by atoms with E-state index in [2.05, 4.69) is 62.8 Å². The molecule has 26 heteroatoms. The third kappa shape index (κ3) is 23.1. The van der Waals surface area contributed by atoms with E-state index in [1.54, 1.807) is 103 Å². The SMILES string of the molecule is C[C@@H](O)[C@@H]1NC(=O)[C@H](CCCCN)NC(=O)[C@@H](Cc2c[nH]c3ccccc23)NC(=O)[C@H](Cc2ccncc2)NC(=O)[C@H](Cc2ccccc2)NC(=O)[C@H](CCCN=C(N)N)NC(=O)[C@H](NC[C@@H](N)Cc2ccc(O)cc2)CCCCNC(=O)[C@H](Cc2ccccc2)NC1=O. The van der Waals surface area contributed by atoms with Gasteiger partial charge in [-0.25, -0.2) is 0 Å². The standard InChI is InChI=1S/C68H90N16O10/c1-42(85)59-67(94)83-55(36-43-15-4-2-5-16-43)60(87)74-31-13-11-21-52(77-41-48(70)35-45-24-26-49(86)27-25-45)61(88)78-54(23-14-32-75-68(71)72)62(89)80-56(37-44-17-6-3-7-18-44)64(91)81-57(38-46-28-33-73-34-29-46)65(92)82-58(39-47-40-76-51-20-9-8-19-50(47)51)66(93)79-53(63(90)84-59)22-10-12-30-69/h2-9,15-20,24-29,33-34,40,42,48,52-59,76-77,85-86H,10-14,21-23,30-32,35-39,41,69-70H2,1H3,(H,74,87)(H,78,88)(H,79,93)(H,80,89)(H,81,91)(H,82,92)(H,83,94)(H,84,90)(H4,71,72,75)/t42-,48+,52-,53+,54+,55+,56+,57+,58-,59+/m1/s1. The van der Waals surface area contributed by atoms with Crippen molar-refractivity contribution in [3.63, 3.8) is 0 Å². The molecule has 0 saturated carbocycles. The number of pyridine rings is 1. The summed E-state index contributed by atoms with van der Waals surface area (Å²) < 4.78 is 0. The maximum Gasteiger partial charge on any atom is 0.245 e. The van der Waals surface area contributed by atoms with Crippen LogP contribution in [0.5, 0.6) is 5.75 Å². The lowest BCUT2D eigenvalue weighted by Gasteiger charge is -2.29. The van der Waals surface area contributed by atoms with Gasteiger partial charge in [-0.05, 0) is 129 Å². The Morgan fingerprint density at radius 3 is 1.68 bits per heavy atom. The van der Waals surface area contributed by atoms with Crippen molar-refractivity contribution in [1.82, 2.24) is 57.8 Å². The lowest BCUT2D eigenvalue weighted by atomic mass is 10.00. The van der Waals surface area contributed by atoms with Gasteiger partial charge in [0.05, 0.1) is 12.1 Å². The second-order valence-electron chi connectivity index (χ2n) is 23.7. The van der Waals surface area contributed by atoms with Gasteiger partial charge in [0, 0.05) is 80.9 Å². The molecule has 26 nitrogen and oxygen atoms in total. The van der Waals surface area contributed by atoms with Gasteiger partial charge in [0.2, 0.25) is 47.3 Å². The molecule has 3 heterocycles. The molecule has 10 atom stereocenters. The van der Waals surface area contributed by atoms with Crippen LogP contribution < -0.4 is 70.8 Å². The number of phenolic OH excluding ortho intramolecular Hbond substituents is 1. The van der Waals surface area contributed by atoms with Crippen molar-refractivity contribution in [2.75, 3.05) is 26.2 Å². The summed E-state index contributed by atoms with van der Waals surface area (Å²) in [6.45, 7) is 1.85. The average molecular weight is 1290 g/mol. The van der Waals surface area contributed by atoms with Crippen LogP contribution in [0.3, 0.4) is 0 Å². The van der Waals surface area contributed by atoms with E-state index in [1.165, 1.54) is 19.3 Å². The number of aliphatic hydroxyl groups excluding tert-OH is 1. The average Bonchev–Trinajstić information content (AvgIpc) is 1.62. The Bertz CT molecular complexity index is 3450. The van der Waals surface area contributed by atoms with Crippen molar-refractivity contribution >= 4 is 64.1 Å². The fourth-order valence-corrected chi connectivity index (χ4v) is 11.1. The number of aliphatic imine (C=N–C) groups is 1. The van der Waals surface area contributed by atoms with Crippen LogP contribution in [0, 0.1) is 0 Å². The van der Waals surface area contributed by atoms with Gasteiger partial charge < -0.3 is 86.0 Å². The number of guanidine groups is 1. The minimum atomic E-state index is -1.64. The van der Waals surface area contributed by atoms with E-state index in [1.807, 2.05) is 24.3 Å². The van der Waals surface area contributed by atoms with Gasteiger partial charge in [-0.3, -0.25) is 48.3 Å². The van der Waals surface area contributed by atoms with Crippen molar-refractivity contribution in [3.8, 4) is 5.75 Å². The highest BCUT2D eigenvalue weighted by molar-refractivity contribution is 5.98. The highest BCUT2D eigenvalue weighted by Crippen LogP contribution is 2.21. The number of hydrogen-bond acceptors (Lipinski definition) is 15. The first-order valence-electron chi connectivity index (χ1n) is 32.0. The van der Waals surface area contributed by atoms with Crippen LogP contribution in [0.4, 0.5) is 0 Å². The number of nitrogens with one attached hydrogen (secondary N) is 10. The molecular weight excluding hydrogens is 1200 g/mol. The highest BCUT2D eigenvalue weighted by atomic mass is 16.3. The molecule has 1 aliphatic heterocycles. The first-order chi connectivity index (χ1) is 45.3. The first kappa shape index (κ1) is 71.7. The Morgan fingerprint density at radius 2 is 1.09 bits per heavy atom. The number of rotatable bonds is 22. The first-order valence-corrected chi connectivity index (χ1v) is 32.0. The number of unbranched alkanes of at least 4 members (excludes halogenated alkanes) is 1. The monoisotopic (exact) mass is 1290 g/mol. The number of nitrogens with zero attached hydrogens (tertiary/aromatic N) is 2. The quantitative estimate of drug-likeness (QED) is 0.0247. The van der Waals surface area contributed by atoms with Gasteiger partial charge in [-0.15, -0.1) is 0 Å². The number of aromatic nitrogens is 2. The van der Waals surface area contributed by atoms with Crippen LogP contribution in [0.25, 0.3) is 10.9 Å². The van der Waals surface area contributed by atoms with Gasteiger partial charge in [0.25, 0.3) is 0 Å². The number of para-hydroxylation sites is 1. The molecule has 2 aromatic heterocycles. The number of benzene rings is 4. The van der Waals surface area contributed by atoms with Crippen LogP contribution >= 0.6 is 0 Å². The Labute approximate surface area is 546 Å². The van der Waals surface area contributed by atoms with E-state index in [9.17, 15) is 34.2 Å². The molecule has 7 rings (SSSR count). The molecule has 1 aliphatic rings. The van der Waals surface area contributed by atoms with Gasteiger partial charge in [-0.2, -0.15) is 0 Å². The molecule has 1 saturated heterocycles. The smallest absolute Gasteiger partial charge is 0.245 e. The highest BCUT2D eigenvalue weighted by Gasteiger charge is 2.37. The van der Waals surface area contributed by atoms with E-state index in [-0.39, 0.29) is 89.3 Å². The summed E-state index contributed by atoms with van der Waals surface area (Å²) in [6, 6.07) is 23.7. The minimum absolute atomic E-state index is 0.00567. The summed E-state index contributed by atoms with van der Waals surface area (Å²) >= 11 is 0. The number of aliphatic hydroxyl groups is 1. The number of nitrogens with two attached hydrogens (primary N) is 4. The minimum Gasteiger partial charge on any atom is -0.508 e. The van der Waals surface area contributed by atoms with E-state index in [4.69, 9.17) is 22.9 Å². The molecule has 20 N–H and O–H groups in total. The number of phenols is 1. The number of amides is 8. The molecule has 0 radical (unpaired) electrons. The van der Waals surface area contributed by atoms with Crippen LogP contribution in [0.15, 0.2) is 145 Å². The predicted octanol–water partition coefficient (Wildman–Crippen LogP) is 0.324. The van der Waals surface area contributed by atoms with E-state index < -0.39 is 108 Å². The molecule has 0 aliphatic carbocycles. The zero-order valence-corrected chi connectivity index (χ0v) is 52.9. The number of H-pyrrole nitrogens is 1. The summed E-state index contributed by atoms with van der Waals surface area (Å²) in [5.74, 6) is -6.21. The topological polar surface area (TPSA) is 430 Å². The molecule has 8 amide bonds. The van der Waals surface area contributed by atoms with Gasteiger partial charge in [0.1, 0.15) is 48.0 Å². The Kier molecular flexibility index (Phi) is 28.3. The Balaban J connectivity index is 1.28. The molecule has 0 spiro atoms. The molecule has 0 unspecified atom stereocenters. The van der Waals surface area contributed by atoms with Crippen molar-refractivity contribution in [3.05, 3.63) is 168 Å². The number of carbonyl (C=O) groups excluding carboxylic acids is 8. The maximum atomic E-state index is 15.2. The third-order valence-electron chi connectivity index (χ3n) is 16.2. The molecule has 6 aromatic rings.